The van der Waals surface area contributed by atoms with E-state index in [2.05, 4.69) is 0 Å². The van der Waals surface area contributed by atoms with Crippen molar-refractivity contribution >= 4 is 10.1 Å². The van der Waals surface area contributed by atoms with E-state index in [1.165, 1.54) is 6.07 Å². The highest BCUT2D eigenvalue weighted by atomic mass is 32.2. The van der Waals surface area contributed by atoms with Crippen LogP contribution in [0.25, 0.3) is 0 Å². The van der Waals surface area contributed by atoms with E-state index in [0.29, 0.717) is 5.56 Å². The molecule has 1 atom stereocenters. The third-order valence-corrected chi connectivity index (χ3v) is 4.51. The Labute approximate surface area is 131 Å². The molecule has 0 aliphatic rings. The monoisotopic (exact) mass is 320 g/mol. The van der Waals surface area contributed by atoms with E-state index in [1.54, 1.807) is 19.1 Å². The largest absolute Gasteiger partial charge is 0.485 e. The number of para-hydroxylation sites is 1. The summed E-state index contributed by atoms with van der Waals surface area (Å²) in [6, 6.07) is 10.6. The number of benzene rings is 2. The average Bonchev–Trinajstić information content (AvgIpc) is 2.41. The lowest BCUT2D eigenvalue weighted by molar-refractivity contribution is 0.220. The first-order valence-corrected chi connectivity index (χ1v) is 8.45. The topological polar surface area (TPSA) is 63.6 Å². The van der Waals surface area contributed by atoms with Gasteiger partial charge in [-0.2, -0.15) is 8.42 Å². The Morgan fingerprint density at radius 3 is 2.18 bits per heavy atom. The van der Waals surface area contributed by atoms with Crippen LogP contribution < -0.4 is 4.74 Å². The fraction of sp³-hybridized carbons (Fsp3) is 0.294. The summed E-state index contributed by atoms with van der Waals surface area (Å²) in [7, 11) is -4.29. The van der Waals surface area contributed by atoms with Crippen LogP contribution in [0.4, 0.5) is 0 Å². The van der Waals surface area contributed by atoms with Crippen molar-refractivity contribution in [3.05, 3.63) is 58.7 Å². The lowest BCUT2D eigenvalue weighted by Gasteiger charge is -2.20. The number of hydrogen-bond acceptors (Lipinski definition) is 3. The molecule has 2 rings (SSSR count). The molecular formula is C17H20O4S. The van der Waals surface area contributed by atoms with Crippen molar-refractivity contribution in [3.63, 3.8) is 0 Å². The molecule has 0 bridgehead atoms. The fourth-order valence-electron chi connectivity index (χ4n) is 2.45. The Kier molecular flexibility index (Phi) is 4.58. The second-order valence-electron chi connectivity index (χ2n) is 5.50. The highest BCUT2D eigenvalue weighted by Crippen LogP contribution is 2.31. The number of rotatable bonds is 4. The van der Waals surface area contributed by atoms with Crippen LogP contribution in [0.5, 0.6) is 5.75 Å². The van der Waals surface area contributed by atoms with Gasteiger partial charge >= 0.3 is 0 Å². The normalized spacial score (nSPS) is 13.0. The Morgan fingerprint density at radius 2 is 1.64 bits per heavy atom. The van der Waals surface area contributed by atoms with Crippen LogP contribution in [0.15, 0.2) is 41.3 Å². The molecule has 2 aromatic carbocycles. The number of aryl methyl sites for hydroxylation is 3. The molecule has 2 aromatic rings. The molecule has 5 heteroatoms. The first kappa shape index (κ1) is 16.5. The second-order valence-corrected chi connectivity index (χ2v) is 6.89. The van der Waals surface area contributed by atoms with Crippen LogP contribution in [-0.4, -0.2) is 13.0 Å². The van der Waals surface area contributed by atoms with E-state index in [-0.39, 0.29) is 4.90 Å². The summed E-state index contributed by atoms with van der Waals surface area (Å²) in [5.74, 6) is 0.734. The summed E-state index contributed by atoms with van der Waals surface area (Å²) < 4.78 is 38.5. The van der Waals surface area contributed by atoms with Gasteiger partial charge in [-0.1, -0.05) is 35.9 Å². The van der Waals surface area contributed by atoms with Crippen molar-refractivity contribution < 1.29 is 17.7 Å². The van der Waals surface area contributed by atoms with Gasteiger partial charge in [0.2, 0.25) is 0 Å². The molecular weight excluding hydrogens is 300 g/mol. The molecule has 118 valence electrons. The summed E-state index contributed by atoms with van der Waals surface area (Å²) in [4.78, 5) is -0.114. The molecule has 1 unspecified atom stereocenters. The van der Waals surface area contributed by atoms with Crippen LogP contribution in [-0.2, 0) is 10.1 Å². The minimum Gasteiger partial charge on any atom is -0.485 e. The SMILES string of the molecule is Cc1ccc(S(=O)(=O)O)c(C(C)Oc2c(C)cccc2C)c1. The van der Waals surface area contributed by atoms with E-state index >= 15 is 0 Å². The quantitative estimate of drug-likeness (QED) is 0.865. The van der Waals surface area contributed by atoms with Crippen molar-refractivity contribution in [2.24, 2.45) is 0 Å². The van der Waals surface area contributed by atoms with E-state index in [0.717, 1.165) is 22.4 Å². The standard InChI is InChI=1S/C17H20O4S/c1-11-8-9-16(22(18,19)20)15(10-11)14(4)21-17-12(2)6-5-7-13(17)3/h5-10,14H,1-4H3,(H,18,19,20). The zero-order valence-electron chi connectivity index (χ0n) is 13.1. The van der Waals surface area contributed by atoms with Gasteiger partial charge in [0.25, 0.3) is 10.1 Å². The van der Waals surface area contributed by atoms with Gasteiger partial charge in [-0.15, -0.1) is 0 Å². The summed E-state index contributed by atoms with van der Waals surface area (Å²) in [5.41, 5.74) is 3.31. The van der Waals surface area contributed by atoms with Gasteiger partial charge in [0.15, 0.2) is 0 Å². The van der Waals surface area contributed by atoms with E-state index in [1.807, 2.05) is 39.0 Å². The Bertz CT molecular complexity index is 774. The van der Waals surface area contributed by atoms with Gasteiger partial charge in [-0.25, -0.2) is 0 Å². The Balaban J connectivity index is 2.46. The summed E-state index contributed by atoms with van der Waals surface area (Å²) >= 11 is 0. The van der Waals surface area contributed by atoms with Crippen molar-refractivity contribution in [2.45, 2.75) is 38.7 Å². The molecule has 0 spiro atoms. The summed E-state index contributed by atoms with van der Waals surface area (Å²) in [6.45, 7) is 7.52. The van der Waals surface area contributed by atoms with Gasteiger partial charge in [0.05, 0.1) is 0 Å². The Morgan fingerprint density at radius 1 is 1.05 bits per heavy atom. The smallest absolute Gasteiger partial charge is 0.294 e. The van der Waals surface area contributed by atoms with Crippen LogP contribution >= 0.6 is 0 Å². The van der Waals surface area contributed by atoms with Gasteiger partial charge in [-0.3, -0.25) is 4.55 Å². The average molecular weight is 320 g/mol. The first-order chi connectivity index (χ1) is 10.2. The molecule has 4 nitrogen and oxygen atoms in total. The highest BCUT2D eigenvalue weighted by Gasteiger charge is 2.21. The predicted molar refractivity (Wildman–Crippen MR) is 86.0 cm³/mol. The van der Waals surface area contributed by atoms with Crippen LogP contribution in [0.3, 0.4) is 0 Å². The molecule has 0 saturated carbocycles. The third kappa shape index (κ3) is 3.48. The van der Waals surface area contributed by atoms with Crippen molar-refractivity contribution in [1.82, 2.24) is 0 Å². The minimum absolute atomic E-state index is 0.114. The lowest BCUT2D eigenvalue weighted by Crippen LogP contribution is -2.11. The molecule has 0 saturated heterocycles. The van der Waals surface area contributed by atoms with Gasteiger partial charge in [0, 0.05) is 5.56 Å². The molecule has 0 amide bonds. The molecule has 0 radical (unpaired) electrons. The first-order valence-electron chi connectivity index (χ1n) is 7.01. The van der Waals surface area contributed by atoms with Crippen molar-refractivity contribution in [2.75, 3.05) is 0 Å². The second kappa shape index (κ2) is 6.10. The maximum atomic E-state index is 11.6. The summed E-state index contributed by atoms with van der Waals surface area (Å²) in [6.07, 6.45) is -0.503. The van der Waals surface area contributed by atoms with E-state index in [4.69, 9.17) is 4.74 Å². The zero-order valence-corrected chi connectivity index (χ0v) is 13.9. The molecule has 22 heavy (non-hydrogen) atoms. The lowest BCUT2D eigenvalue weighted by atomic mass is 10.1. The van der Waals surface area contributed by atoms with E-state index < -0.39 is 16.2 Å². The molecule has 0 fully saturated rings. The molecule has 0 aliphatic carbocycles. The van der Waals surface area contributed by atoms with Gasteiger partial charge < -0.3 is 4.74 Å². The molecule has 0 aromatic heterocycles. The molecule has 0 aliphatic heterocycles. The Hall–Kier alpha value is -1.85. The predicted octanol–water partition coefficient (Wildman–Crippen LogP) is 4.00. The van der Waals surface area contributed by atoms with Crippen LogP contribution in [0.2, 0.25) is 0 Å². The van der Waals surface area contributed by atoms with Crippen molar-refractivity contribution in [3.8, 4) is 5.75 Å². The van der Waals surface area contributed by atoms with Crippen LogP contribution in [0.1, 0.15) is 35.3 Å². The highest BCUT2D eigenvalue weighted by molar-refractivity contribution is 7.85. The fourth-order valence-corrected chi connectivity index (χ4v) is 3.21. The number of ether oxygens (including phenoxy) is 1. The zero-order chi connectivity index (χ0) is 16.5. The van der Waals surface area contributed by atoms with Gasteiger partial charge in [0.1, 0.15) is 16.7 Å². The summed E-state index contributed by atoms with van der Waals surface area (Å²) in [5, 5.41) is 0. The van der Waals surface area contributed by atoms with Crippen LogP contribution in [0, 0.1) is 20.8 Å². The molecule has 1 N–H and O–H groups in total. The minimum atomic E-state index is -4.29. The maximum absolute atomic E-state index is 11.6. The van der Waals surface area contributed by atoms with E-state index in [9.17, 15) is 13.0 Å². The maximum Gasteiger partial charge on any atom is 0.294 e. The van der Waals surface area contributed by atoms with Gasteiger partial charge in [-0.05, 0) is 44.9 Å². The third-order valence-electron chi connectivity index (χ3n) is 3.58. The number of hydrogen-bond donors (Lipinski definition) is 1. The molecule has 0 heterocycles. The van der Waals surface area contributed by atoms with Crippen molar-refractivity contribution in [1.29, 1.82) is 0 Å².